The van der Waals surface area contributed by atoms with Gasteiger partial charge in [0.1, 0.15) is 5.00 Å². The van der Waals surface area contributed by atoms with E-state index >= 15 is 0 Å². The average molecular weight is 474 g/mol. The van der Waals surface area contributed by atoms with Gasteiger partial charge in [-0.2, -0.15) is 0 Å². The number of nitrogens with one attached hydrogen (secondary N) is 1. The molecule has 0 saturated heterocycles. The Balaban J connectivity index is 1.71. The summed E-state index contributed by atoms with van der Waals surface area (Å²) in [7, 11) is 3.98. The predicted molar refractivity (Wildman–Crippen MR) is 130 cm³/mol. The van der Waals surface area contributed by atoms with Gasteiger partial charge in [0.25, 0.3) is 0 Å². The van der Waals surface area contributed by atoms with Gasteiger partial charge in [-0.25, -0.2) is 4.79 Å². The zero-order valence-corrected chi connectivity index (χ0v) is 20.5. The molecule has 0 aliphatic carbocycles. The molecule has 3 aromatic rings. The van der Waals surface area contributed by atoms with E-state index in [4.69, 9.17) is 4.74 Å². The lowest BCUT2D eigenvalue weighted by molar-refractivity contribution is -0.113. The van der Waals surface area contributed by atoms with Crippen LogP contribution >= 0.6 is 23.1 Å². The van der Waals surface area contributed by atoms with E-state index in [1.165, 1.54) is 23.1 Å². The molecule has 2 aromatic heterocycles. The van der Waals surface area contributed by atoms with Crippen LogP contribution in [0.5, 0.6) is 0 Å². The van der Waals surface area contributed by atoms with Crippen LogP contribution in [0.4, 0.5) is 10.7 Å². The minimum absolute atomic E-state index is 0.148. The topological polar surface area (TPSA) is 89.3 Å². The maximum atomic E-state index is 12.6. The normalized spacial score (nSPS) is 10.8. The third-order valence-electron chi connectivity index (χ3n) is 4.59. The van der Waals surface area contributed by atoms with Crippen molar-refractivity contribution in [2.75, 3.05) is 36.7 Å². The number of aryl methyl sites for hydroxylation is 1. The van der Waals surface area contributed by atoms with Crippen molar-refractivity contribution < 1.29 is 14.3 Å². The smallest absolute Gasteiger partial charge is 0.341 e. The van der Waals surface area contributed by atoms with Crippen LogP contribution in [-0.4, -0.2) is 53.1 Å². The minimum Gasteiger partial charge on any atom is -0.462 e. The first-order valence-corrected chi connectivity index (χ1v) is 12.0. The molecule has 170 valence electrons. The van der Waals surface area contributed by atoms with E-state index in [9.17, 15) is 9.59 Å². The molecule has 0 fully saturated rings. The van der Waals surface area contributed by atoms with E-state index < -0.39 is 5.97 Å². The van der Waals surface area contributed by atoms with E-state index in [0.717, 1.165) is 22.0 Å². The maximum Gasteiger partial charge on any atom is 0.341 e. The van der Waals surface area contributed by atoms with Gasteiger partial charge in [0.05, 0.1) is 17.9 Å². The third kappa shape index (κ3) is 5.49. The number of esters is 1. The average Bonchev–Trinajstić information content (AvgIpc) is 3.35. The van der Waals surface area contributed by atoms with Gasteiger partial charge < -0.3 is 19.5 Å². The largest absolute Gasteiger partial charge is 0.462 e. The molecule has 32 heavy (non-hydrogen) atoms. The second kappa shape index (κ2) is 10.6. The highest BCUT2D eigenvalue weighted by Gasteiger charge is 2.19. The summed E-state index contributed by atoms with van der Waals surface area (Å²) in [4.78, 5) is 27.7. The highest BCUT2D eigenvalue weighted by molar-refractivity contribution is 7.99. The Morgan fingerprint density at radius 3 is 2.69 bits per heavy atom. The fourth-order valence-corrected chi connectivity index (χ4v) is 4.80. The molecule has 3 rings (SSSR count). The maximum absolute atomic E-state index is 12.6. The van der Waals surface area contributed by atoms with Crippen molar-refractivity contribution in [3.05, 3.63) is 40.8 Å². The molecule has 2 heterocycles. The molecule has 0 spiro atoms. The number of ether oxygens (including phenoxy) is 1. The van der Waals surface area contributed by atoms with Crippen LogP contribution in [0.1, 0.15) is 29.1 Å². The van der Waals surface area contributed by atoms with Crippen molar-refractivity contribution in [2.45, 2.75) is 32.5 Å². The van der Waals surface area contributed by atoms with E-state index in [2.05, 4.69) is 21.6 Å². The van der Waals surface area contributed by atoms with Crippen molar-refractivity contribution in [3.8, 4) is 11.4 Å². The molecule has 1 N–H and O–H groups in total. The fourth-order valence-electron chi connectivity index (χ4n) is 3.08. The molecule has 0 radical (unpaired) electrons. The van der Waals surface area contributed by atoms with Gasteiger partial charge in [-0.1, -0.05) is 23.9 Å². The number of hydrogen-bond acceptors (Lipinski definition) is 8. The number of nitrogens with zero attached hydrogens (tertiary/aromatic N) is 4. The van der Waals surface area contributed by atoms with Crippen molar-refractivity contribution in [1.82, 2.24) is 14.8 Å². The fraction of sp³-hybridized carbons (Fsp3) is 0.364. The lowest BCUT2D eigenvalue weighted by Crippen LogP contribution is -2.16. The summed E-state index contributed by atoms with van der Waals surface area (Å²) in [6, 6.07) is 9.82. The van der Waals surface area contributed by atoms with E-state index in [-0.39, 0.29) is 18.3 Å². The van der Waals surface area contributed by atoms with Crippen LogP contribution in [0, 0.1) is 6.92 Å². The number of hydrogen-bond donors (Lipinski definition) is 1. The first-order valence-electron chi connectivity index (χ1n) is 10.2. The summed E-state index contributed by atoms with van der Waals surface area (Å²) in [5.74, 6) is 0.256. The second-order valence-corrected chi connectivity index (χ2v) is 9.35. The van der Waals surface area contributed by atoms with Crippen LogP contribution in [-0.2, 0) is 16.1 Å². The molecule has 0 bridgehead atoms. The predicted octanol–water partition coefficient (Wildman–Crippen LogP) is 4.31. The summed E-state index contributed by atoms with van der Waals surface area (Å²) >= 11 is 2.66. The standard InChI is InChI=1S/C22H27N5O3S2/c1-6-27-19(15-9-8-10-16(12-15)26(4)5)24-25-22(27)31-13-18(28)23-20-17(11-14(3)32-20)21(29)30-7-2/h8-12H,6-7,13H2,1-5H3,(H,23,28). The number of carbonyl (C=O) groups is 2. The Kier molecular flexibility index (Phi) is 7.92. The molecule has 1 amide bonds. The number of aromatic nitrogens is 3. The van der Waals surface area contributed by atoms with Gasteiger partial charge in [0.2, 0.25) is 5.91 Å². The Hall–Kier alpha value is -2.85. The zero-order chi connectivity index (χ0) is 23.3. The van der Waals surface area contributed by atoms with E-state index in [1.807, 2.05) is 55.6 Å². The number of anilines is 2. The monoisotopic (exact) mass is 473 g/mol. The van der Waals surface area contributed by atoms with Crippen molar-refractivity contribution >= 4 is 45.7 Å². The SMILES string of the molecule is CCOC(=O)c1cc(C)sc1NC(=O)CSc1nnc(-c2cccc(N(C)C)c2)n1CC. The van der Waals surface area contributed by atoms with Crippen LogP contribution < -0.4 is 10.2 Å². The van der Waals surface area contributed by atoms with Crippen LogP contribution in [0.15, 0.2) is 35.5 Å². The van der Waals surface area contributed by atoms with Gasteiger partial charge in [0, 0.05) is 36.8 Å². The van der Waals surface area contributed by atoms with E-state index in [1.54, 1.807) is 13.0 Å². The van der Waals surface area contributed by atoms with Crippen LogP contribution in [0.3, 0.4) is 0 Å². The lowest BCUT2D eigenvalue weighted by atomic mass is 10.2. The summed E-state index contributed by atoms with van der Waals surface area (Å²) in [6.07, 6.45) is 0. The van der Waals surface area contributed by atoms with E-state index in [0.29, 0.717) is 22.3 Å². The Labute approximate surface area is 196 Å². The summed E-state index contributed by atoms with van der Waals surface area (Å²) < 4.78 is 7.07. The molecule has 0 aliphatic rings. The Bertz CT molecular complexity index is 1110. The summed E-state index contributed by atoms with van der Waals surface area (Å²) in [5, 5.41) is 12.7. The highest BCUT2D eigenvalue weighted by atomic mass is 32.2. The number of carbonyl (C=O) groups excluding carboxylic acids is 2. The molecular weight excluding hydrogens is 446 g/mol. The zero-order valence-electron chi connectivity index (χ0n) is 18.8. The number of thioether (sulfide) groups is 1. The number of amides is 1. The number of rotatable bonds is 9. The Morgan fingerprint density at radius 1 is 1.22 bits per heavy atom. The summed E-state index contributed by atoms with van der Waals surface area (Å²) in [5.41, 5.74) is 2.42. The van der Waals surface area contributed by atoms with Crippen molar-refractivity contribution in [2.24, 2.45) is 0 Å². The Morgan fingerprint density at radius 2 is 2.00 bits per heavy atom. The molecule has 0 saturated carbocycles. The molecule has 8 nitrogen and oxygen atoms in total. The van der Waals surface area contributed by atoms with Crippen molar-refractivity contribution in [3.63, 3.8) is 0 Å². The first-order chi connectivity index (χ1) is 15.3. The lowest BCUT2D eigenvalue weighted by Gasteiger charge is -2.14. The number of benzene rings is 1. The quantitative estimate of drug-likeness (QED) is 0.366. The van der Waals surface area contributed by atoms with Gasteiger partial charge in [0.15, 0.2) is 11.0 Å². The van der Waals surface area contributed by atoms with Gasteiger partial charge in [-0.05, 0) is 39.0 Å². The second-order valence-electron chi connectivity index (χ2n) is 7.15. The highest BCUT2D eigenvalue weighted by Crippen LogP contribution is 2.30. The first kappa shape index (κ1) is 23.8. The van der Waals surface area contributed by atoms with Crippen LogP contribution in [0.2, 0.25) is 0 Å². The third-order valence-corrected chi connectivity index (χ3v) is 6.52. The molecule has 0 unspecified atom stereocenters. The molecule has 0 atom stereocenters. The molecule has 0 aliphatic heterocycles. The van der Waals surface area contributed by atoms with Gasteiger partial charge in [-0.3, -0.25) is 4.79 Å². The van der Waals surface area contributed by atoms with Crippen LogP contribution in [0.25, 0.3) is 11.4 Å². The minimum atomic E-state index is -0.435. The summed E-state index contributed by atoms with van der Waals surface area (Å²) in [6.45, 7) is 6.61. The molecule has 10 heteroatoms. The van der Waals surface area contributed by atoms with Gasteiger partial charge >= 0.3 is 5.97 Å². The molecule has 1 aromatic carbocycles. The molecular formula is C22H27N5O3S2. The van der Waals surface area contributed by atoms with Gasteiger partial charge in [-0.15, -0.1) is 21.5 Å². The number of thiophene rings is 1. The van der Waals surface area contributed by atoms with Crippen molar-refractivity contribution in [1.29, 1.82) is 0 Å².